The molecule has 0 saturated carbocycles. The molecule has 3 aromatic heterocycles. The standard InChI is InChI=1S/C21H15N7O2/c29-18(13-10-12-4-1-2-6-15(12)24-11-13)27-21-25-16-7-3-5-14(17(16)26-21)19(30)28-20-22-8-9-23-20/h1-11H,(H2,22,23,28,30)(H2,25,26,27,29). The number of carbonyl (C=O) groups excluding carboxylic acids is 2. The number of pyridine rings is 1. The molecule has 3 heterocycles. The van der Waals surface area contributed by atoms with Gasteiger partial charge in [0.05, 0.1) is 27.7 Å². The number of H-pyrrole nitrogens is 2. The van der Waals surface area contributed by atoms with Gasteiger partial charge in [0.25, 0.3) is 11.8 Å². The van der Waals surface area contributed by atoms with Gasteiger partial charge in [0.15, 0.2) is 0 Å². The van der Waals surface area contributed by atoms with E-state index in [1.807, 2.05) is 24.3 Å². The number of benzene rings is 2. The lowest BCUT2D eigenvalue weighted by atomic mass is 10.1. The topological polar surface area (TPSA) is 128 Å². The molecule has 0 spiro atoms. The second-order valence-corrected chi connectivity index (χ2v) is 6.55. The number of imidazole rings is 2. The molecular weight excluding hydrogens is 382 g/mol. The van der Waals surface area contributed by atoms with Gasteiger partial charge in [-0.2, -0.15) is 0 Å². The Balaban J connectivity index is 1.42. The van der Waals surface area contributed by atoms with Crippen molar-refractivity contribution in [3.63, 3.8) is 0 Å². The van der Waals surface area contributed by atoms with Crippen LogP contribution < -0.4 is 10.6 Å². The van der Waals surface area contributed by atoms with Crippen LogP contribution in [-0.2, 0) is 0 Å². The number of hydrogen-bond donors (Lipinski definition) is 4. The molecule has 0 aliphatic heterocycles. The van der Waals surface area contributed by atoms with E-state index < -0.39 is 0 Å². The Kier molecular flexibility index (Phi) is 4.18. The second-order valence-electron chi connectivity index (χ2n) is 6.55. The number of carbonyl (C=O) groups is 2. The largest absolute Gasteiger partial charge is 0.331 e. The number of aromatic amines is 2. The highest BCUT2D eigenvalue weighted by Crippen LogP contribution is 2.20. The third-order valence-electron chi connectivity index (χ3n) is 4.58. The van der Waals surface area contributed by atoms with Crippen molar-refractivity contribution in [3.8, 4) is 0 Å². The number of aromatic nitrogens is 5. The van der Waals surface area contributed by atoms with Crippen molar-refractivity contribution in [1.82, 2.24) is 24.9 Å². The number of para-hydroxylation sites is 2. The van der Waals surface area contributed by atoms with E-state index in [2.05, 4.69) is 35.6 Å². The monoisotopic (exact) mass is 397 g/mol. The van der Waals surface area contributed by atoms with E-state index >= 15 is 0 Å². The predicted octanol–water partition coefficient (Wildman–Crippen LogP) is 3.34. The van der Waals surface area contributed by atoms with Crippen molar-refractivity contribution in [2.24, 2.45) is 0 Å². The molecular formula is C21H15N7O2. The van der Waals surface area contributed by atoms with Crippen LogP contribution >= 0.6 is 0 Å². The molecule has 0 aliphatic rings. The molecule has 0 atom stereocenters. The van der Waals surface area contributed by atoms with Crippen LogP contribution in [0.25, 0.3) is 21.9 Å². The quantitative estimate of drug-likeness (QED) is 0.370. The highest BCUT2D eigenvalue weighted by atomic mass is 16.2. The van der Waals surface area contributed by atoms with E-state index in [9.17, 15) is 9.59 Å². The molecule has 2 aromatic carbocycles. The number of nitrogens with zero attached hydrogens (tertiary/aromatic N) is 3. The van der Waals surface area contributed by atoms with Crippen LogP contribution in [0, 0.1) is 0 Å². The summed E-state index contributed by atoms with van der Waals surface area (Å²) in [5, 5.41) is 6.27. The average Bonchev–Trinajstić information content (AvgIpc) is 3.42. The van der Waals surface area contributed by atoms with Gasteiger partial charge in [-0.25, -0.2) is 9.97 Å². The van der Waals surface area contributed by atoms with Gasteiger partial charge >= 0.3 is 0 Å². The summed E-state index contributed by atoms with van der Waals surface area (Å²) < 4.78 is 0. The fraction of sp³-hybridized carbons (Fsp3) is 0. The van der Waals surface area contributed by atoms with Crippen LogP contribution in [0.15, 0.2) is 67.1 Å². The first-order chi connectivity index (χ1) is 14.7. The molecule has 0 aliphatic carbocycles. The maximum absolute atomic E-state index is 12.7. The molecule has 0 saturated heterocycles. The van der Waals surface area contributed by atoms with E-state index in [1.54, 1.807) is 36.7 Å². The summed E-state index contributed by atoms with van der Waals surface area (Å²) >= 11 is 0. The van der Waals surface area contributed by atoms with Gasteiger partial charge in [0.2, 0.25) is 11.9 Å². The number of hydrogen-bond acceptors (Lipinski definition) is 5. The highest BCUT2D eigenvalue weighted by Gasteiger charge is 2.16. The van der Waals surface area contributed by atoms with Gasteiger partial charge in [-0.3, -0.25) is 25.2 Å². The zero-order chi connectivity index (χ0) is 20.5. The minimum absolute atomic E-state index is 0.237. The minimum Gasteiger partial charge on any atom is -0.331 e. The van der Waals surface area contributed by atoms with Crippen LogP contribution in [0.3, 0.4) is 0 Å². The van der Waals surface area contributed by atoms with Crippen molar-refractivity contribution in [1.29, 1.82) is 0 Å². The third kappa shape index (κ3) is 3.24. The summed E-state index contributed by atoms with van der Waals surface area (Å²) in [6, 6.07) is 14.5. The Morgan fingerprint density at radius 2 is 1.70 bits per heavy atom. The summed E-state index contributed by atoms with van der Waals surface area (Å²) in [7, 11) is 0. The molecule has 30 heavy (non-hydrogen) atoms. The van der Waals surface area contributed by atoms with E-state index in [0.717, 1.165) is 10.9 Å². The number of anilines is 2. The summed E-state index contributed by atoms with van der Waals surface area (Å²) in [5.74, 6) is -0.125. The van der Waals surface area contributed by atoms with Gasteiger partial charge in [0.1, 0.15) is 0 Å². The third-order valence-corrected chi connectivity index (χ3v) is 4.58. The fourth-order valence-electron chi connectivity index (χ4n) is 3.16. The van der Waals surface area contributed by atoms with Crippen LogP contribution in [0.1, 0.15) is 20.7 Å². The lowest BCUT2D eigenvalue weighted by Crippen LogP contribution is -2.14. The first-order valence-corrected chi connectivity index (χ1v) is 9.13. The lowest BCUT2D eigenvalue weighted by Gasteiger charge is -2.04. The van der Waals surface area contributed by atoms with Crippen LogP contribution in [0.5, 0.6) is 0 Å². The predicted molar refractivity (Wildman–Crippen MR) is 112 cm³/mol. The molecule has 2 amide bonds. The van der Waals surface area contributed by atoms with Crippen molar-refractivity contribution >= 4 is 45.6 Å². The van der Waals surface area contributed by atoms with E-state index in [-0.39, 0.29) is 17.8 Å². The Morgan fingerprint density at radius 3 is 2.57 bits per heavy atom. The summed E-state index contributed by atoms with van der Waals surface area (Å²) in [6.07, 6.45) is 4.67. The number of amides is 2. The lowest BCUT2D eigenvalue weighted by molar-refractivity contribution is 0.101. The highest BCUT2D eigenvalue weighted by molar-refractivity contribution is 6.12. The van der Waals surface area contributed by atoms with Crippen molar-refractivity contribution in [3.05, 3.63) is 78.2 Å². The molecule has 5 rings (SSSR count). The zero-order valence-corrected chi connectivity index (χ0v) is 15.5. The van der Waals surface area contributed by atoms with E-state index in [4.69, 9.17) is 0 Å². The van der Waals surface area contributed by atoms with Gasteiger partial charge < -0.3 is 9.97 Å². The molecule has 0 fully saturated rings. The molecule has 0 unspecified atom stereocenters. The first-order valence-electron chi connectivity index (χ1n) is 9.13. The Hall–Kier alpha value is -4.53. The maximum Gasteiger partial charge on any atom is 0.260 e. The SMILES string of the molecule is O=C(Nc1nc2cccc(C(=O)Nc3ncc[nH]3)c2[nH]1)c1cnc2ccccc2c1. The summed E-state index contributed by atoms with van der Waals surface area (Å²) in [6.45, 7) is 0. The van der Waals surface area contributed by atoms with Crippen molar-refractivity contribution in [2.75, 3.05) is 10.6 Å². The van der Waals surface area contributed by atoms with Gasteiger partial charge in [-0.1, -0.05) is 24.3 Å². The van der Waals surface area contributed by atoms with E-state index in [1.165, 1.54) is 6.20 Å². The van der Waals surface area contributed by atoms with Crippen molar-refractivity contribution < 1.29 is 9.59 Å². The van der Waals surface area contributed by atoms with E-state index in [0.29, 0.717) is 28.1 Å². The summed E-state index contributed by atoms with van der Waals surface area (Å²) in [5.41, 5.74) is 2.65. The molecule has 0 bridgehead atoms. The fourth-order valence-corrected chi connectivity index (χ4v) is 3.16. The number of nitrogens with one attached hydrogen (secondary N) is 4. The maximum atomic E-state index is 12.7. The van der Waals surface area contributed by atoms with Gasteiger partial charge in [-0.05, 0) is 24.3 Å². The molecule has 5 aromatic rings. The summed E-state index contributed by atoms with van der Waals surface area (Å²) in [4.78, 5) is 43.7. The molecule has 9 nitrogen and oxygen atoms in total. The van der Waals surface area contributed by atoms with Crippen LogP contribution in [-0.4, -0.2) is 36.7 Å². The Labute approximate surface area is 169 Å². The minimum atomic E-state index is -0.353. The zero-order valence-electron chi connectivity index (χ0n) is 15.5. The Morgan fingerprint density at radius 1 is 0.867 bits per heavy atom. The number of rotatable bonds is 4. The Bertz CT molecular complexity index is 1390. The molecule has 9 heteroatoms. The first kappa shape index (κ1) is 17.6. The molecule has 0 radical (unpaired) electrons. The normalized spacial score (nSPS) is 10.9. The molecule has 146 valence electrons. The molecule has 4 N–H and O–H groups in total. The van der Waals surface area contributed by atoms with Crippen LogP contribution in [0.4, 0.5) is 11.9 Å². The smallest absolute Gasteiger partial charge is 0.260 e. The average molecular weight is 397 g/mol. The van der Waals surface area contributed by atoms with Crippen molar-refractivity contribution in [2.45, 2.75) is 0 Å². The van der Waals surface area contributed by atoms with Gasteiger partial charge in [0, 0.05) is 24.0 Å². The number of fused-ring (bicyclic) bond motifs is 2. The van der Waals surface area contributed by atoms with Gasteiger partial charge in [-0.15, -0.1) is 0 Å². The second kappa shape index (κ2) is 7.13. The van der Waals surface area contributed by atoms with Crippen LogP contribution in [0.2, 0.25) is 0 Å².